The molecule has 1 amide bonds. The zero-order chi connectivity index (χ0) is 16.6. The first-order chi connectivity index (χ1) is 10.9. The van der Waals surface area contributed by atoms with Crippen LogP contribution in [0.15, 0.2) is 42.7 Å². The molecule has 8 heteroatoms. The van der Waals surface area contributed by atoms with Crippen molar-refractivity contribution in [3.05, 3.63) is 48.4 Å². The first-order valence-corrected chi connectivity index (χ1v) is 6.64. The van der Waals surface area contributed by atoms with Gasteiger partial charge in [0.15, 0.2) is 0 Å². The van der Waals surface area contributed by atoms with E-state index in [-0.39, 0.29) is 11.4 Å². The molecule has 0 unspecified atom stereocenters. The molecule has 0 aromatic carbocycles. The third-order valence-electron chi connectivity index (χ3n) is 3.17. The average molecular weight is 320 g/mol. The largest absolute Gasteiger partial charge is 0.433 e. The van der Waals surface area contributed by atoms with Crippen LogP contribution in [-0.4, -0.2) is 20.3 Å². The van der Waals surface area contributed by atoms with Crippen LogP contribution in [0.1, 0.15) is 12.6 Å². The number of nitrogens with one attached hydrogen (secondary N) is 1. The normalized spacial score (nSPS) is 11.7. The Balaban J connectivity index is 2.26. The zero-order valence-electron chi connectivity index (χ0n) is 11.9. The number of rotatable bonds is 2. The Labute approximate surface area is 128 Å². The lowest BCUT2D eigenvalue weighted by atomic mass is 10.1. The smallest absolute Gasteiger partial charge is 0.324 e. The molecule has 0 fully saturated rings. The standard InChI is InChI=1S/C15H11F3N4O/c1-9(23)20-10-5-6-12(15(16,17)18)21-14(10)11-3-2-4-13-19-7-8-22(11)13/h2-8H,1H3,(H,20,23). The van der Waals surface area contributed by atoms with Gasteiger partial charge in [-0.2, -0.15) is 13.2 Å². The van der Waals surface area contributed by atoms with Crippen LogP contribution in [0.3, 0.4) is 0 Å². The Morgan fingerprint density at radius 2 is 2.00 bits per heavy atom. The third kappa shape index (κ3) is 2.87. The lowest BCUT2D eigenvalue weighted by molar-refractivity contribution is -0.141. The summed E-state index contributed by atoms with van der Waals surface area (Å²) in [5.74, 6) is -0.398. The second kappa shape index (κ2) is 5.38. The van der Waals surface area contributed by atoms with Crippen LogP contribution in [-0.2, 0) is 11.0 Å². The van der Waals surface area contributed by atoms with Crippen molar-refractivity contribution in [3.8, 4) is 11.4 Å². The number of alkyl halides is 3. The van der Waals surface area contributed by atoms with E-state index in [0.717, 1.165) is 6.07 Å². The van der Waals surface area contributed by atoms with E-state index in [9.17, 15) is 18.0 Å². The molecular formula is C15H11F3N4O. The lowest BCUT2D eigenvalue weighted by Crippen LogP contribution is -2.13. The molecule has 0 atom stereocenters. The average Bonchev–Trinajstić information content (AvgIpc) is 2.94. The first kappa shape index (κ1) is 15.0. The van der Waals surface area contributed by atoms with Gasteiger partial charge in [0.25, 0.3) is 0 Å². The number of amides is 1. The topological polar surface area (TPSA) is 59.3 Å². The highest BCUT2D eigenvalue weighted by molar-refractivity contribution is 5.92. The number of aromatic nitrogens is 3. The highest BCUT2D eigenvalue weighted by atomic mass is 19.4. The van der Waals surface area contributed by atoms with E-state index in [1.807, 2.05) is 0 Å². The van der Waals surface area contributed by atoms with Gasteiger partial charge in [-0.15, -0.1) is 0 Å². The Kier molecular flexibility index (Phi) is 3.51. The van der Waals surface area contributed by atoms with Crippen molar-refractivity contribution in [2.45, 2.75) is 13.1 Å². The van der Waals surface area contributed by atoms with Crippen molar-refractivity contribution in [3.63, 3.8) is 0 Å². The van der Waals surface area contributed by atoms with E-state index < -0.39 is 17.8 Å². The first-order valence-electron chi connectivity index (χ1n) is 6.64. The summed E-state index contributed by atoms with van der Waals surface area (Å²) in [6.45, 7) is 1.28. The minimum Gasteiger partial charge on any atom is -0.324 e. The van der Waals surface area contributed by atoms with E-state index >= 15 is 0 Å². The number of halogens is 3. The molecule has 3 heterocycles. The summed E-state index contributed by atoms with van der Waals surface area (Å²) in [7, 11) is 0. The molecule has 3 aromatic heterocycles. The molecule has 0 aliphatic heterocycles. The van der Waals surface area contributed by atoms with Gasteiger partial charge in [0.1, 0.15) is 17.0 Å². The number of hydrogen-bond donors (Lipinski definition) is 1. The maximum Gasteiger partial charge on any atom is 0.433 e. The summed E-state index contributed by atoms with van der Waals surface area (Å²) in [5.41, 5.74) is 0.161. The number of fused-ring (bicyclic) bond motifs is 1. The zero-order valence-corrected chi connectivity index (χ0v) is 11.9. The van der Waals surface area contributed by atoms with Gasteiger partial charge >= 0.3 is 6.18 Å². The van der Waals surface area contributed by atoms with Crippen molar-refractivity contribution >= 4 is 17.2 Å². The van der Waals surface area contributed by atoms with Crippen LogP contribution >= 0.6 is 0 Å². The molecule has 0 bridgehead atoms. The van der Waals surface area contributed by atoms with Gasteiger partial charge in [0, 0.05) is 19.3 Å². The molecule has 0 aliphatic rings. The van der Waals surface area contributed by atoms with Crippen LogP contribution in [0.25, 0.3) is 17.0 Å². The summed E-state index contributed by atoms with van der Waals surface area (Å²) in [5, 5.41) is 2.50. The van der Waals surface area contributed by atoms with Crippen LogP contribution in [0.4, 0.5) is 18.9 Å². The van der Waals surface area contributed by atoms with Crippen LogP contribution in [0.5, 0.6) is 0 Å². The van der Waals surface area contributed by atoms with Gasteiger partial charge in [-0.3, -0.25) is 9.20 Å². The Bertz CT molecular complexity index is 886. The van der Waals surface area contributed by atoms with Gasteiger partial charge in [-0.05, 0) is 24.3 Å². The molecular weight excluding hydrogens is 309 g/mol. The van der Waals surface area contributed by atoms with E-state index in [4.69, 9.17) is 0 Å². The number of imidazole rings is 1. The quantitative estimate of drug-likeness (QED) is 0.787. The summed E-state index contributed by atoms with van der Waals surface area (Å²) in [6, 6.07) is 7.03. The predicted molar refractivity (Wildman–Crippen MR) is 77.7 cm³/mol. The predicted octanol–water partition coefficient (Wildman–Crippen LogP) is 3.37. The molecule has 0 spiro atoms. The molecule has 1 N–H and O–H groups in total. The molecule has 3 aromatic rings. The van der Waals surface area contributed by atoms with Gasteiger partial charge in [0.05, 0.1) is 11.4 Å². The molecule has 3 rings (SSSR count). The van der Waals surface area contributed by atoms with Crippen molar-refractivity contribution in [2.75, 3.05) is 5.32 Å². The molecule has 0 aliphatic carbocycles. The van der Waals surface area contributed by atoms with Crippen LogP contribution in [0.2, 0.25) is 0 Å². The number of carbonyl (C=O) groups excluding carboxylic acids is 1. The lowest BCUT2D eigenvalue weighted by Gasteiger charge is -2.14. The Morgan fingerprint density at radius 1 is 1.22 bits per heavy atom. The summed E-state index contributed by atoms with van der Waals surface area (Å²) in [6.07, 6.45) is -1.43. The highest BCUT2D eigenvalue weighted by Crippen LogP contribution is 2.33. The minimum atomic E-state index is -4.58. The number of hydrogen-bond acceptors (Lipinski definition) is 3. The minimum absolute atomic E-state index is 0.0265. The SMILES string of the molecule is CC(=O)Nc1ccc(C(F)(F)F)nc1-c1cccc2nccn12. The van der Waals surface area contributed by atoms with Gasteiger partial charge < -0.3 is 5.32 Å². The Morgan fingerprint density at radius 3 is 2.70 bits per heavy atom. The van der Waals surface area contributed by atoms with Gasteiger partial charge in [-0.25, -0.2) is 9.97 Å². The van der Waals surface area contributed by atoms with Crippen LogP contribution < -0.4 is 5.32 Å². The third-order valence-corrected chi connectivity index (χ3v) is 3.17. The fourth-order valence-electron chi connectivity index (χ4n) is 2.24. The second-order valence-electron chi connectivity index (χ2n) is 4.84. The second-order valence-corrected chi connectivity index (χ2v) is 4.84. The highest BCUT2D eigenvalue weighted by Gasteiger charge is 2.33. The van der Waals surface area contributed by atoms with E-state index in [1.165, 1.54) is 19.2 Å². The van der Waals surface area contributed by atoms with Crippen molar-refractivity contribution in [1.29, 1.82) is 0 Å². The van der Waals surface area contributed by atoms with Gasteiger partial charge in [0.2, 0.25) is 5.91 Å². The van der Waals surface area contributed by atoms with Crippen molar-refractivity contribution in [2.24, 2.45) is 0 Å². The maximum absolute atomic E-state index is 13.0. The summed E-state index contributed by atoms with van der Waals surface area (Å²) >= 11 is 0. The number of pyridine rings is 2. The molecule has 118 valence electrons. The number of carbonyl (C=O) groups is 1. The molecule has 23 heavy (non-hydrogen) atoms. The maximum atomic E-state index is 13.0. The molecule has 5 nitrogen and oxygen atoms in total. The fourth-order valence-corrected chi connectivity index (χ4v) is 2.24. The van der Waals surface area contributed by atoms with Crippen molar-refractivity contribution < 1.29 is 18.0 Å². The monoisotopic (exact) mass is 320 g/mol. The molecule has 0 saturated heterocycles. The van der Waals surface area contributed by atoms with E-state index in [2.05, 4.69) is 15.3 Å². The fraction of sp³-hybridized carbons (Fsp3) is 0.133. The number of anilines is 1. The van der Waals surface area contributed by atoms with E-state index in [1.54, 1.807) is 28.8 Å². The van der Waals surface area contributed by atoms with Crippen LogP contribution in [0, 0.1) is 0 Å². The Hall–Kier alpha value is -2.90. The number of nitrogens with zero attached hydrogens (tertiary/aromatic N) is 3. The molecule has 0 saturated carbocycles. The summed E-state index contributed by atoms with van der Waals surface area (Å²) < 4.78 is 40.5. The van der Waals surface area contributed by atoms with E-state index in [0.29, 0.717) is 11.3 Å². The summed E-state index contributed by atoms with van der Waals surface area (Å²) in [4.78, 5) is 19.1. The van der Waals surface area contributed by atoms with Crippen molar-refractivity contribution in [1.82, 2.24) is 14.4 Å². The molecule has 0 radical (unpaired) electrons. The van der Waals surface area contributed by atoms with Gasteiger partial charge in [-0.1, -0.05) is 6.07 Å².